The fourth-order valence-electron chi connectivity index (χ4n) is 1.61. The number of ether oxygens (including phenoxy) is 1. The molecule has 2 rings (SSSR count). The monoisotopic (exact) mass is 307 g/mol. The molecule has 0 aliphatic carbocycles. The van der Waals surface area contributed by atoms with Crippen molar-refractivity contribution in [2.75, 3.05) is 12.4 Å². The molecule has 0 radical (unpaired) electrons. The quantitative estimate of drug-likeness (QED) is 0.595. The number of ketones is 1. The van der Waals surface area contributed by atoms with E-state index in [4.69, 9.17) is 16.3 Å². The number of thioether (sulfide) groups is 1. The average Bonchev–Trinajstić information content (AvgIpc) is 2.45. The molecule has 0 fully saturated rings. The molecule has 0 amide bonds. The first kappa shape index (κ1) is 14.9. The molecule has 0 N–H and O–H groups in total. The van der Waals surface area contributed by atoms with E-state index in [0.29, 0.717) is 28.7 Å². The SMILES string of the molecule is CCOc1cncc(C(=O)CSc2cccc(Cl)c2)c1. The summed E-state index contributed by atoms with van der Waals surface area (Å²) in [6, 6.07) is 9.17. The molecule has 0 atom stereocenters. The number of carbonyl (C=O) groups is 1. The van der Waals surface area contributed by atoms with Crippen molar-refractivity contribution in [2.24, 2.45) is 0 Å². The zero-order valence-corrected chi connectivity index (χ0v) is 12.6. The van der Waals surface area contributed by atoms with Gasteiger partial charge in [0.25, 0.3) is 0 Å². The molecule has 0 aliphatic rings. The number of carbonyl (C=O) groups excluding carboxylic acids is 1. The van der Waals surface area contributed by atoms with Gasteiger partial charge in [-0.2, -0.15) is 0 Å². The maximum atomic E-state index is 12.1. The molecular weight excluding hydrogens is 294 g/mol. The summed E-state index contributed by atoms with van der Waals surface area (Å²) < 4.78 is 5.34. The molecule has 0 spiro atoms. The van der Waals surface area contributed by atoms with Gasteiger partial charge in [0.05, 0.1) is 18.6 Å². The number of pyridine rings is 1. The van der Waals surface area contributed by atoms with Crippen molar-refractivity contribution < 1.29 is 9.53 Å². The number of hydrogen-bond donors (Lipinski definition) is 0. The zero-order chi connectivity index (χ0) is 14.4. The first-order valence-corrected chi connectivity index (χ1v) is 7.55. The first-order chi connectivity index (χ1) is 9.69. The summed E-state index contributed by atoms with van der Waals surface area (Å²) in [5.74, 6) is 0.979. The van der Waals surface area contributed by atoms with Gasteiger partial charge in [0.15, 0.2) is 5.78 Å². The molecule has 1 heterocycles. The third kappa shape index (κ3) is 4.25. The minimum atomic E-state index is 0.0176. The lowest BCUT2D eigenvalue weighted by molar-refractivity contribution is 0.102. The van der Waals surface area contributed by atoms with Crippen molar-refractivity contribution in [3.63, 3.8) is 0 Å². The molecule has 5 heteroatoms. The van der Waals surface area contributed by atoms with Gasteiger partial charge < -0.3 is 4.74 Å². The summed E-state index contributed by atoms with van der Waals surface area (Å²) in [4.78, 5) is 17.1. The van der Waals surface area contributed by atoms with Crippen molar-refractivity contribution in [2.45, 2.75) is 11.8 Å². The Balaban J connectivity index is 1.99. The molecule has 0 saturated carbocycles. The minimum Gasteiger partial charge on any atom is -0.492 e. The van der Waals surface area contributed by atoms with E-state index in [1.54, 1.807) is 18.5 Å². The highest BCUT2D eigenvalue weighted by atomic mass is 35.5. The van der Waals surface area contributed by atoms with Crippen LogP contribution in [0.2, 0.25) is 5.02 Å². The highest BCUT2D eigenvalue weighted by molar-refractivity contribution is 8.00. The Morgan fingerprint density at radius 3 is 2.95 bits per heavy atom. The minimum absolute atomic E-state index is 0.0176. The van der Waals surface area contributed by atoms with Gasteiger partial charge in [0.2, 0.25) is 0 Å². The lowest BCUT2D eigenvalue weighted by Gasteiger charge is -2.05. The van der Waals surface area contributed by atoms with Gasteiger partial charge >= 0.3 is 0 Å². The van der Waals surface area contributed by atoms with Crippen molar-refractivity contribution in [3.8, 4) is 5.75 Å². The predicted octanol–water partition coefficient (Wildman–Crippen LogP) is 4.11. The second kappa shape index (κ2) is 7.31. The Hall–Kier alpha value is -1.52. The van der Waals surface area contributed by atoms with Crippen molar-refractivity contribution in [1.29, 1.82) is 0 Å². The molecular formula is C15H14ClNO2S. The number of rotatable bonds is 6. The van der Waals surface area contributed by atoms with Crippen LogP contribution in [0.1, 0.15) is 17.3 Å². The van der Waals surface area contributed by atoms with Crippen molar-refractivity contribution in [3.05, 3.63) is 53.3 Å². The number of hydrogen-bond acceptors (Lipinski definition) is 4. The van der Waals surface area contributed by atoms with Gasteiger partial charge in [-0.1, -0.05) is 17.7 Å². The van der Waals surface area contributed by atoms with E-state index in [2.05, 4.69) is 4.98 Å². The summed E-state index contributed by atoms with van der Waals surface area (Å²) in [6.07, 6.45) is 3.16. The number of benzene rings is 1. The summed E-state index contributed by atoms with van der Waals surface area (Å²) >= 11 is 7.36. The standard InChI is InChI=1S/C15H14ClNO2S/c1-2-19-13-6-11(8-17-9-13)15(18)10-20-14-5-3-4-12(16)7-14/h3-9H,2,10H2,1H3. The molecule has 1 aromatic heterocycles. The molecule has 1 aromatic carbocycles. The summed E-state index contributed by atoms with van der Waals surface area (Å²) in [5, 5.41) is 0.669. The topological polar surface area (TPSA) is 39.2 Å². The Labute approximate surface area is 127 Å². The highest BCUT2D eigenvalue weighted by Gasteiger charge is 2.08. The molecule has 104 valence electrons. The Kier molecular flexibility index (Phi) is 5.44. The Morgan fingerprint density at radius 2 is 2.20 bits per heavy atom. The molecule has 0 saturated heterocycles. The summed E-state index contributed by atoms with van der Waals surface area (Å²) in [5.41, 5.74) is 0.561. The van der Waals surface area contributed by atoms with Gasteiger partial charge in [-0.25, -0.2) is 0 Å². The van der Waals surface area contributed by atoms with E-state index in [-0.39, 0.29) is 5.78 Å². The van der Waals surface area contributed by atoms with Gasteiger partial charge in [0.1, 0.15) is 5.75 Å². The number of aromatic nitrogens is 1. The van der Waals surface area contributed by atoms with E-state index in [0.717, 1.165) is 4.90 Å². The second-order valence-corrected chi connectivity index (χ2v) is 5.50. The van der Waals surface area contributed by atoms with Crippen LogP contribution in [-0.4, -0.2) is 23.1 Å². The van der Waals surface area contributed by atoms with Crippen LogP contribution >= 0.6 is 23.4 Å². The third-order valence-electron chi connectivity index (χ3n) is 2.51. The van der Waals surface area contributed by atoms with Crippen molar-refractivity contribution >= 4 is 29.1 Å². The summed E-state index contributed by atoms with van der Waals surface area (Å²) in [6.45, 7) is 2.44. The molecule has 2 aromatic rings. The molecule has 20 heavy (non-hydrogen) atoms. The average molecular weight is 308 g/mol. The lowest BCUT2D eigenvalue weighted by atomic mass is 10.2. The smallest absolute Gasteiger partial charge is 0.174 e. The molecule has 0 unspecified atom stereocenters. The lowest BCUT2D eigenvalue weighted by Crippen LogP contribution is -2.04. The Bertz CT molecular complexity index is 604. The van der Waals surface area contributed by atoms with Crippen LogP contribution in [0, 0.1) is 0 Å². The van der Waals surface area contributed by atoms with E-state index in [9.17, 15) is 4.79 Å². The number of nitrogens with zero attached hydrogens (tertiary/aromatic N) is 1. The Morgan fingerprint density at radius 1 is 1.35 bits per heavy atom. The van der Waals surface area contributed by atoms with Crippen LogP contribution in [-0.2, 0) is 0 Å². The maximum Gasteiger partial charge on any atom is 0.174 e. The van der Waals surface area contributed by atoms with Crippen LogP contribution in [0.3, 0.4) is 0 Å². The van der Waals surface area contributed by atoms with Gasteiger partial charge in [-0.3, -0.25) is 9.78 Å². The van der Waals surface area contributed by atoms with Gasteiger partial charge in [-0.15, -0.1) is 11.8 Å². The van der Waals surface area contributed by atoms with Gasteiger partial charge in [-0.05, 0) is 31.2 Å². The van der Waals surface area contributed by atoms with Crippen LogP contribution in [0.5, 0.6) is 5.75 Å². The van der Waals surface area contributed by atoms with Crippen LogP contribution in [0.15, 0.2) is 47.6 Å². The zero-order valence-electron chi connectivity index (χ0n) is 11.0. The largest absolute Gasteiger partial charge is 0.492 e. The number of halogens is 1. The van der Waals surface area contributed by atoms with E-state index >= 15 is 0 Å². The fourth-order valence-corrected chi connectivity index (χ4v) is 2.71. The van der Waals surface area contributed by atoms with Crippen molar-refractivity contribution in [1.82, 2.24) is 4.98 Å². The number of Topliss-reactive ketones (excluding diaryl/α,β-unsaturated/α-hetero) is 1. The normalized spacial score (nSPS) is 10.3. The predicted molar refractivity (Wildman–Crippen MR) is 81.9 cm³/mol. The first-order valence-electron chi connectivity index (χ1n) is 6.18. The summed E-state index contributed by atoms with van der Waals surface area (Å²) in [7, 11) is 0. The van der Waals surface area contributed by atoms with E-state index < -0.39 is 0 Å². The van der Waals surface area contributed by atoms with Crippen LogP contribution in [0.25, 0.3) is 0 Å². The molecule has 0 bridgehead atoms. The maximum absolute atomic E-state index is 12.1. The molecule has 0 aliphatic heterocycles. The van der Waals surface area contributed by atoms with E-state index in [1.165, 1.54) is 11.8 Å². The van der Waals surface area contributed by atoms with Crippen LogP contribution < -0.4 is 4.74 Å². The third-order valence-corrected chi connectivity index (χ3v) is 3.74. The second-order valence-electron chi connectivity index (χ2n) is 4.01. The van der Waals surface area contributed by atoms with Crippen LogP contribution in [0.4, 0.5) is 0 Å². The fraction of sp³-hybridized carbons (Fsp3) is 0.200. The highest BCUT2D eigenvalue weighted by Crippen LogP contribution is 2.23. The van der Waals surface area contributed by atoms with E-state index in [1.807, 2.05) is 31.2 Å². The molecule has 3 nitrogen and oxygen atoms in total. The van der Waals surface area contributed by atoms with Gasteiger partial charge in [0, 0.05) is 21.7 Å².